The van der Waals surface area contributed by atoms with Gasteiger partial charge in [0.1, 0.15) is 0 Å². The third-order valence-corrected chi connectivity index (χ3v) is 4.58. The predicted octanol–water partition coefficient (Wildman–Crippen LogP) is 2.85. The Labute approximate surface area is 125 Å². The molecule has 4 nitrogen and oxygen atoms in total. The van der Waals surface area contributed by atoms with Crippen LogP contribution < -0.4 is 15.8 Å². The van der Waals surface area contributed by atoms with Crippen LogP contribution in [0.5, 0.6) is 5.75 Å². The fourth-order valence-corrected chi connectivity index (χ4v) is 3.54. The van der Waals surface area contributed by atoms with Crippen molar-refractivity contribution in [2.45, 2.75) is 44.7 Å². The summed E-state index contributed by atoms with van der Waals surface area (Å²) in [5.41, 5.74) is 7.18. The van der Waals surface area contributed by atoms with E-state index in [0.717, 1.165) is 25.1 Å². The van der Waals surface area contributed by atoms with Crippen molar-refractivity contribution in [3.8, 4) is 5.75 Å². The zero-order valence-corrected chi connectivity index (χ0v) is 12.6. The van der Waals surface area contributed by atoms with Crippen LogP contribution >= 0.6 is 0 Å². The lowest BCUT2D eigenvalue weighted by Crippen LogP contribution is -2.42. The molecular weight excluding hydrogens is 269 g/mol. The highest BCUT2D eigenvalue weighted by Gasteiger charge is 2.31. The van der Waals surface area contributed by atoms with Crippen LogP contribution in [-0.4, -0.2) is 36.7 Å². The monoisotopic (exact) mass is 293 g/mol. The van der Waals surface area contributed by atoms with E-state index in [1.165, 1.54) is 25.5 Å². The molecule has 2 heterocycles. The van der Waals surface area contributed by atoms with E-state index in [4.69, 9.17) is 10.5 Å². The maximum absolute atomic E-state index is 13.7. The summed E-state index contributed by atoms with van der Waals surface area (Å²) in [5.74, 6) is -0.127. The second-order valence-corrected chi connectivity index (χ2v) is 6.00. The van der Waals surface area contributed by atoms with Crippen molar-refractivity contribution in [3.63, 3.8) is 0 Å². The van der Waals surface area contributed by atoms with Crippen LogP contribution in [0.15, 0.2) is 12.1 Å². The second-order valence-electron chi connectivity index (χ2n) is 6.00. The molecule has 2 saturated heterocycles. The largest absolute Gasteiger partial charge is 0.491 e. The van der Waals surface area contributed by atoms with Gasteiger partial charge in [0.2, 0.25) is 0 Å². The first kappa shape index (κ1) is 14.4. The van der Waals surface area contributed by atoms with E-state index in [0.29, 0.717) is 24.4 Å². The Balaban J connectivity index is 1.70. The number of nitrogens with two attached hydrogens (primary N) is 1. The number of ether oxygens (including phenoxy) is 1. The SMILES string of the molecule is CCOc1cc(NC2CCN3CCCC3C2)c(N)cc1F. The molecule has 3 rings (SSSR count). The summed E-state index contributed by atoms with van der Waals surface area (Å²) >= 11 is 0. The van der Waals surface area contributed by atoms with Crippen LogP contribution in [0, 0.1) is 5.82 Å². The molecule has 0 aliphatic carbocycles. The lowest BCUT2D eigenvalue weighted by atomic mass is 9.97. The van der Waals surface area contributed by atoms with E-state index in [1.807, 2.05) is 6.92 Å². The van der Waals surface area contributed by atoms with Crippen molar-refractivity contribution in [1.29, 1.82) is 0 Å². The molecule has 2 atom stereocenters. The number of nitrogens with zero attached hydrogens (tertiary/aromatic N) is 1. The van der Waals surface area contributed by atoms with E-state index in [-0.39, 0.29) is 5.75 Å². The van der Waals surface area contributed by atoms with Gasteiger partial charge in [0, 0.05) is 30.8 Å². The number of rotatable bonds is 4. The number of hydrogen-bond acceptors (Lipinski definition) is 4. The van der Waals surface area contributed by atoms with Crippen molar-refractivity contribution in [1.82, 2.24) is 4.90 Å². The van der Waals surface area contributed by atoms with Gasteiger partial charge in [-0.15, -0.1) is 0 Å². The van der Waals surface area contributed by atoms with E-state index >= 15 is 0 Å². The number of nitrogens with one attached hydrogen (secondary N) is 1. The highest BCUT2D eigenvalue weighted by atomic mass is 19.1. The molecule has 5 heteroatoms. The Bertz CT molecular complexity index is 509. The van der Waals surface area contributed by atoms with Gasteiger partial charge in [-0.2, -0.15) is 0 Å². The fraction of sp³-hybridized carbons (Fsp3) is 0.625. The summed E-state index contributed by atoms with van der Waals surface area (Å²) < 4.78 is 19.0. The quantitative estimate of drug-likeness (QED) is 0.838. The average Bonchev–Trinajstić information content (AvgIpc) is 2.92. The van der Waals surface area contributed by atoms with Crippen molar-refractivity contribution < 1.29 is 9.13 Å². The molecule has 2 unspecified atom stereocenters. The lowest BCUT2D eigenvalue weighted by molar-refractivity contribution is 0.188. The van der Waals surface area contributed by atoms with Gasteiger partial charge in [0.05, 0.1) is 18.0 Å². The number of piperidine rings is 1. The molecular formula is C16H24FN3O. The molecule has 1 aromatic carbocycles. The van der Waals surface area contributed by atoms with Crippen LogP contribution in [-0.2, 0) is 0 Å². The molecule has 3 N–H and O–H groups in total. The van der Waals surface area contributed by atoms with Gasteiger partial charge < -0.3 is 20.7 Å². The number of anilines is 2. The Hall–Kier alpha value is -1.49. The van der Waals surface area contributed by atoms with Gasteiger partial charge in [-0.3, -0.25) is 0 Å². The van der Waals surface area contributed by atoms with Crippen molar-refractivity contribution >= 4 is 11.4 Å². The Morgan fingerprint density at radius 3 is 3.05 bits per heavy atom. The minimum Gasteiger partial charge on any atom is -0.491 e. The van der Waals surface area contributed by atoms with E-state index in [1.54, 1.807) is 6.07 Å². The van der Waals surface area contributed by atoms with Gasteiger partial charge in [0.15, 0.2) is 11.6 Å². The minimum atomic E-state index is -0.398. The third-order valence-electron chi connectivity index (χ3n) is 4.58. The van der Waals surface area contributed by atoms with Crippen molar-refractivity contribution in [2.75, 3.05) is 30.7 Å². The van der Waals surface area contributed by atoms with E-state index < -0.39 is 5.82 Å². The lowest BCUT2D eigenvalue weighted by Gasteiger charge is -2.35. The Kier molecular flexibility index (Phi) is 4.19. The fourth-order valence-electron chi connectivity index (χ4n) is 3.54. The molecule has 0 radical (unpaired) electrons. The molecule has 2 aliphatic rings. The maximum atomic E-state index is 13.7. The summed E-state index contributed by atoms with van der Waals surface area (Å²) in [6, 6.07) is 4.14. The Morgan fingerprint density at radius 1 is 1.38 bits per heavy atom. The normalized spacial score (nSPS) is 25.6. The van der Waals surface area contributed by atoms with E-state index in [2.05, 4.69) is 10.2 Å². The van der Waals surface area contributed by atoms with Crippen LogP contribution in [0.25, 0.3) is 0 Å². The zero-order chi connectivity index (χ0) is 14.8. The molecule has 0 saturated carbocycles. The number of fused-ring (bicyclic) bond motifs is 1. The number of nitrogen functional groups attached to an aromatic ring is 1. The first-order valence-electron chi connectivity index (χ1n) is 7.89. The summed E-state index contributed by atoms with van der Waals surface area (Å²) in [4.78, 5) is 2.58. The minimum absolute atomic E-state index is 0.271. The number of benzene rings is 1. The molecule has 0 bridgehead atoms. The number of hydrogen-bond donors (Lipinski definition) is 2. The smallest absolute Gasteiger partial charge is 0.167 e. The van der Waals surface area contributed by atoms with Gasteiger partial charge in [-0.05, 0) is 39.2 Å². The summed E-state index contributed by atoms with van der Waals surface area (Å²) in [7, 11) is 0. The molecule has 0 spiro atoms. The maximum Gasteiger partial charge on any atom is 0.167 e. The highest BCUT2D eigenvalue weighted by molar-refractivity contribution is 5.69. The van der Waals surface area contributed by atoms with Crippen LogP contribution in [0.1, 0.15) is 32.6 Å². The van der Waals surface area contributed by atoms with Gasteiger partial charge in [-0.1, -0.05) is 0 Å². The molecule has 2 aliphatic heterocycles. The van der Waals surface area contributed by atoms with E-state index in [9.17, 15) is 4.39 Å². The van der Waals surface area contributed by atoms with Crippen LogP contribution in [0.3, 0.4) is 0 Å². The number of halogens is 1. The third kappa shape index (κ3) is 3.07. The molecule has 1 aromatic rings. The molecule has 21 heavy (non-hydrogen) atoms. The van der Waals surface area contributed by atoms with Gasteiger partial charge in [-0.25, -0.2) is 4.39 Å². The highest BCUT2D eigenvalue weighted by Crippen LogP contribution is 2.32. The first-order valence-corrected chi connectivity index (χ1v) is 7.89. The van der Waals surface area contributed by atoms with Crippen molar-refractivity contribution in [3.05, 3.63) is 17.9 Å². The topological polar surface area (TPSA) is 50.5 Å². The molecule has 116 valence electrons. The predicted molar refractivity (Wildman–Crippen MR) is 83.2 cm³/mol. The molecule has 0 aromatic heterocycles. The van der Waals surface area contributed by atoms with Crippen molar-refractivity contribution in [2.24, 2.45) is 0 Å². The second kappa shape index (κ2) is 6.10. The van der Waals surface area contributed by atoms with Gasteiger partial charge in [0.25, 0.3) is 0 Å². The summed E-state index contributed by atoms with van der Waals surface area (Å²) in [6.07, 6.45) is 4.85. The zero-order valence-electron chi connectivity index (χ0n) is 12.6. The van der Waals surface area contributed by atoms with Crippen LogP contribution in [0.2, 0.25) is 0 Å². The van der Waals surface area contributed by atoms with Crippen LogP contribution in [0.4, 0.5) is 15.8 Å². The first-order chi connectivity index (χ1) is 10.2. The summed E-state index contributed by atoms with van der Waals surface area (Å²) in [6.45, 7) is 4.67. The average molecular weight is 293 g/mol. The molecule has 0 amide bonds. The van der Waals surface area contributed by atoms with Gasteiger partial charge >= 0.3 is 0 Å². The summed E-state index contributed by atoms with van der Waals surface area (Å²) in [5, 5.41) is 3.49. The molecule has 2 fully saturated rings. The standard InChI is InChI=1S/C16H24FN3O/c1-2-21-16-10-15(14(18)9-13(16)17)19-11-5-7-20-6-3-4-12(20)8-11/h9-12,19H,2-8,18H2,1H3. The Morgan fingerprint density at radius 2 is 2.24 bits per heavy atom.